The van der Waals surface area contributed by atoms with Crippen LogP contribution in [-0.2, 0) is 14.3 Å². The van der Waals surface area contributed by atoms with Crippen molar-refractivity contribution in [2.75, 3.05) is 50.1 Å². The summed E-state index contributed by atoms with van der Waals surface area (Å²) in [5.41, 5.74) is 4.52. The van der Waals surface area contributed by atoms with Gasteiger partial charge in [-0.3, -0.25) is 25.2 Å². The molecule has 15 heteroatoms. The number of ether oxygens (including phenoxy) is 2. The highest BCUT2D eigenvalue weighted by molar-refractivity contribution is 6.25. The topological polar surface area (TPSA) is 196 Å². The van der Waals surface area contributed by atoms with Gasteiger partial charge in [-0.15, -0.1) is 0 Å². The van der Waals surface area contributed by atoms with Gasteiger partial charge in [-0.1, -0.05) is 20.8 Å². The van der Waals surface area contributed by atoms with Gasteiger partial charge in [-0.25, -0.2) is 24.4 Å². The molecule has 0 saturated heterocycles. The molecule has 0 radical (unpaired) electrons. The summed E-state index contributed by atoms with van der Waals surface area (Å²) in [6.07, 6.45) is 1.86. The van der Waals surface area contributed by atoms with Crippen molar-refractivity contribution in [1.29, 1.82) is 0 Å². The number of carbonyl (C=O) groups is 4. The zero-order valence-electron chi connectivity index (χ0n) is 31.6. The van der Waals surface area contributed by atoms with Gasteiger partial charge >= 0.3 is 18.2 Å². The number of hydrogen-bond donors (Lipinski definition) is 5. The van der Waals surface area contributed by atoms with Crippen LogP contribution in [0.25, 0.3) is 0 Å². The van der Waals surface area contributed by atoms with Crippen molar-refractivity contribution >= 4 is 47.0 Å². The molecule has 15 nitrogen and oxygen atoms in total. The number of aromatic nitrogens is 2. The number of aliphatic imine (C=N–C) groups is 1. The van der Waals surface area contributed by atoms with Crippen LogP contribution in [0, 0.1) is 25.2 Å². The summed E-state index contributed by atoms with van der Waals surface area (Å²) in [5, 5.41) is 10.7. The first-order chi connectivity index (χ1) is 24.5. The third kappa shape index (κ3) is 12.4. The largest absolute Gasteiger partial charge is 0.453 e. The minimum atomic E-state index is -0.730. The van der Waals surface area contributed by atoms with Crippen LogP contribution in [0.1, 0.15) is 65.6 Å². The Morgan fingerprint density at radius 3 is 2.40 bits per heavy atom. The lowest BCUT2D eigenvalue weighted by molar-refractivity contribution is -0.112. The number of aromatic amines is 1. The van der Waals surface area contributed by atoms with E-state index in [-0.39, 0.29) is 40.9 Å². The lowest BCUT2D eigenvalue weighted by atomic mass is 9.80. The number of urea groups is 1. The van der Waals surface area contributed by atoms with Crippen LogP contribution in [0.3, 0.4) is 0 Å². The number of alkyl carbamates (subject to hydrolysis) is 2. The van der Waals surface area contributed by atoms with Gasteiger partial charge in [-0.05, 0) is 94.2 Å². The number of rotatable bonds is 15. The van der Waals surface area contributed by atoms with Gasteiger partial charge < -0.3 is 25.0 Å². The Hall–Kier alpha value is -5.47. The van der Waals surface area contributed by atoms with Gasteiger partial charge in [0, 0.05) is 42.7 Å². The zero-order valence-corrected chi connectivity index (χ0v) is 31.6. The van der Waals surface area contributed by atoms with Crippen LogP contribution in [0.5, 0.6) is 0 Å². The van der Waals surface area contributed by atoms with E-state index in [9.17, 15) is 24.0 Å². The highest BCUT2D eigenvalue weighted by Crippen LogP contribution is 2.29. The Kier molecular flexibility index (Phi) is 14.7. The molecule has 3 rings (SSSR count). The summed E-state index contributed by atoms with van der Waals surface area (Å²) in [4.78, 5) is 74.2. The lowest BCUT2D eigenvalue weighted by Gasteiger charge is -2.28. The molecule has 1 aromatic heterocycles. The second-order valence-corrected chi connectivity index (χ2v) is 13.7. The fourth-order valence-electron chi connectivity index (χ4n) is 5.78. The Morgan fingerprint density at radius 1 is 1.02 bits per heavy atom. The van der Waals surface area contributed by atoms with Crippen molar-refractivity contribution in [3.05, 3.63) is 68.8 Å². The van der Waals surface area contributed by atoms with Crippen molar-refractivity contribution in [3.63, 3.8) is 0 Å². The Balaban J connectivity index is 1.44. The number of carbonyl (C=O) groups excluding carboxylic acids is 4. The maximum absolute atomic E-state index is 12.6. The molecule has 52 heavy (non-hydrogen) atoms. The van der Waals surface area contributed by atoms with E-state index >= 15 is 0 Å². The summed E-state index contributed by atoms with van der Waals surface area (Å²) >= 11 is 0. The van der Waals surface area contributed by atoms with E-state index in [1.165, 1.54) is 13.2 Å². The third-order valence-electron chi connectivity index (χ3n) is 8.68. The first kappa shape index (κ1) is 41.0. The van der Waals surface area contributed by atoms with Crippen molar-refractivity contribution in [2.24, 2.45) is 16.3 Å². The zero-order chi connectivity index (χ0) is 38.6. The predicted octanol–water partition coefficient (Wildman–Crippen LogP) is 5.43. The summed E-state index contributed by atoms with van der Waals surface area (Å²) in [6.45, 7) is 17.7. The molecule has 0 bridgehead atoms. The number of methoxy groups -OCH3 is 1. The molecule has 0 spiro atoms. The van der Waals surface area contributed by atoms with E-state index in [2.05, 4.69) is 54.7 Å². The number of Topliss-reactive ketones (excluding diaryl/α,β-unsaturated/α-hetero) is 1. The lowest BCUT2D eigenvalue weighted by Crippen LogP contribution is -2.35. The molecule has 5 N–H and O–H groups in total. The monoisotopic (exact) mass is 720 g/mol. The third-order valence-corrected chi connectivity index (χ3v) is 8.68. The fourth-order valence-corrected chi connectivity index (χ4v) is 5.78. The Bertz CT molecular complexity index is 1790. The van der Waals surface area contributed by atoms with Crippen LogP contribution in [0.2, 0.25) is 0 Å². The van der Waals surface area contributed by atoms with Gasteiger partial charge in [0.25, 0.3) is 5.56 Å². The van der Waals surface area contributed by atoms with Crippen LogP contribution < -0.4 is 31.7 Å². The standard InChI is InChI=1S/C37H52N8O7/c1-10-45(27-11-12-28(23(3)17-27)41-29-19-30(42-36(50)51-9)32(47)26(6)25(29)5)15-16-52-35(49)38-14-13-37(7,8)20-22(2)21-39-34(48)44-33-40-24(4)18-31(46)43-33/h11-12,17-19,22H,10,13-16,20-21H2,1-9H3,(H,38,49)(H,42,50)(H3,39,40,43,44,46,48). The van der Waals surface area contributed by atoms with E-state index in [0.717, 1.165) is 23.2 Å². The van der Waals surface area contributed by atoms with Crippen molar-refractivity contribution < 1.29 is 28.7 Å². The molecule has 4 amide bonds. The molecule has 1 aliphatic carbocycles. The molecule has 1 atom stereocenters. The minimum Gasteiger partial charge on any atom is -0.453 e. The number of allylic oxidation sites excluding steroid dienone is 3. The molecule has 1 aromatic carbocycles. The summed E-state index contributed by atoms with van der Waals surface area (Å²) in [5.74, 6) is -0.0364. The molecule has 0 saturated carbocycles. The average molecular weight is 721 g/mol. The number of H-pyrrole nitrogens is 1. The number of ketones is 1. The number of likely N-dealkylation sites (N-methyl/N-ethyl adjacent to an activating group) is 1. The quantitative estimate of drug-likeness (QED) is 0.149. The molecule has 1 unspecified atom stereocenters. The Morgan fingerprint density at radius 2 is 1.75 bits per heavy atom. The summed E-state index contributed by atoms with van der Waals surface area (Å²) < 4.78 is 10.1. The second-order valence-electron chi connectivity index (χ2n) is 13.7. The first-order valence-corrected chi connectivity index (χ1v) is 17.3. The van der Waals surface area contributed by atoms with E-state index in [4.69, 9.17) is 9.73 Å². The van der Waals surface area contributed by atoms with E-state index in [0.29, 0.717) is 55.3 Å². The molecule has 282 valence electrons. The van der Waals surface area contributed by atoms with Crippen LogP contribution in [0.15, 0.2) is 57.0 Å². The van der Waals surface area contributed by atoms with Crippen molar-refractivity contribution in [1.82, 2.24) is 25.9 Å². The number of aryl methyl sites for hydroxylation is 2. The van der Waals surface area contributed by atoms with Gasteiger partial charge in [-0.2, -0.15) is 0 Å². The molecule has 1 aliphatic rings. The normalized spacial score (nSPS) is 14.4. The van der Waals surface area contributed by atoms with E-state index in [1.807, 2.05) is 45.9 Å². The smallest absolute Gasteiger partial charge is 0.411 e. The maximum Gasteiger partial charge on any atom is 0.411 e. The Labute approximate surface area is 304 Å². The molecular formula is C37H52N8O7. The van der Waals surface area contributed by atoms with Gasteiger partial charge in [0.15, 0.2) is 0 Å². The molecule has 2 aromatic rings. The SMILES string of the molecule is CCN(CCOC(=O)NCCC(C)(C)CC(C)CNC(=O)Nc1nc(C)cc(=O)[nH]1)c1ccc(N=C2C=C(NC(=O)OC)C(=O)C(C)=C2C)c(C)c1. The second kappa shape index (κ2) is 18.7. The molecular weight excluding hydrogens is 668 g/mol. The van der Waals surface area contributed by atoms with E-state index in [1.54, 1.807) is 19.9 Å². The number of nitrogens with one attached hydrogen (secondary N) is 5. The number of anilines is 2. The number of amides is 4. The fraction of sp³-hybridized carbons (Fsp3) is 0.486. The van der Waals surface area contributed by atoms with Crippen LogP contribution in [-0.4, -0.2) is 79.6 Å². The number of hydrogen-bond acceptors (Lipinski definition) is 10. The summed E-state index contributed by atoms with van der Waals surface area (Å²) in [6, 6.07) is 6.74. The molecule has 0 fully saturated rings. The van der Waals surface area contributed by atoms with Gasteiger partial charge in [0.2, 0.25) is 11.7 Å². The highest BCUT2D eigenvalue weighted by atomic mass is 16.5. The molecule has 1 heterocycles. The van der Waals surface area contributed by atoms with Crippen molar-refractivity contribution in [3.8, 4) is 0 Å². The van der Waals surface area contributed by atoms with Gasteiger partial charge in [0.1, 0.15) is 6.61 Å². The summed E-state index contributed by atoms with van der Waals surface area (Å²) in [7, 11) is 1.23. The number of nitrogens with zero attached hydrogens (tertiary/aromatic N) is 3. The predicted molar refractivity (Wildman–Crippen MR) is 201 cm³/mol. The van der Waals surface area contributed by atoms with Crippen LogP contribution >= 0.6 is 0 Å². The minimum absolute atomic E-state index is 0.0933. The molecule has 0 aliphatic heterocycles. The van der Waals surface area contributed by atoms with Gasteiger partial charge in [0.05, 0.1) is 30.8 Å². The van der Waals surface area contributed by atoms with Crippen molar-refractivity contribution in [2.45, 2.75) is 68.2 Å². The van der Waals surface area contributed by atoms with Crippen LogP contribution in [0.4, 0.5) is 31.7 Å². The maximum atomic E-state index is 12.6. The van der Waals surface area contributed by atoms with E-state index < -0.39 is 18.2 Å². The first-order valence-electron chi connectivity index (χ1n) is 17.3. The average Bonchev–Trinajstić information content (AvgIpc) is 3.06. The highest BCUT2D eigenvalue weighted by Gasteiger charge is 2.24. The number of benzene rings is 1.